The van der Waals surface area contributed by atoms with Crippen molar-refractivity contribution in [3.8, 4) is 0 Å². The van der Waals surface area contributed by atoms with Crippen LogP contribution >= 0.6 is 23.2 Å². The normalized spacial score (nSPS) is 12.4. The van der Waals surface area contributed by atoms with Crippen molar-refractivity contribution < 1.29 is 9.94 Å². The smallest absolute Gasteiger partial charge is 0.179 e. The molecule has 0 saturated carbocycles. The van der Waals surface area contributed by atoms with Gasteiger partial charge in [-0.25, -0.2) is 4.98 Å². The van der Waals surface area contributed by atoms with Gasteiger partial charge in [0.05, 0.1) is 11.2 Å². The summed E-state index contributed by atoms with van der Waals surface area (Å²) < 4.78 is 1.62. The van der Waals surface area contributed by atoms with Crippen LogP contribution in [0.1, 0.15) is 38.3 Å². The molecule has 0 saturated heterocycles. The second-order valence-corrected chi connectivity index (χ2v) is 6.91. The van der Waals surface area contributed by atoms with E-state index in [2.05, 4.69) is 23.7 Å². The molecule has 7 heteroatoms. The minimum atomic E-state index is -1.04. The lowest BCUT2D eigenvalue weighted by atomic mass is 10.1. The molecule has 3 rings (SSSR count). The molecule has 0 aliphatic heterocycles. The van der Waals surface area contributed by atoms with Crippen molar-refractivity contribution >= 4 is 39.9 Å². The van der Waals surface area contributed by atoms with Gasteiger partial charge in [0.1, 0.15) is 18.2 Å². The summed E-state index contributed by atoms with van der Waals surface area (Å²) in [6, 6.07) is 10.9. The number of halogens is 2. The highest BCUT2D eigenvalue weighted by Crippen LogP contribution is 2.34. The molecule has 1 aromatic heterocycles. The fraction of sp³-hybridized carbons (Fsp3) is 0.350. The molecule has 0 spiro atoms. The van der Waals surface area contributed by atoms with E-state index in [1.165, 1.54) is 0 Å². The van der Waals surface area contributed by atoms with Gasteiger partial charge in [-0.1, -0.05) is 35.3 Å². The molecule has 0 bridgehead atoms. The van der Waals surface area contributed by atoms with Crippen LogP contribution in [0.5, 0.6) is 0 Å². The van der Waals surface area contributed by atoms with Crippen molar-refractivity contribution in [3.63, 3.8) is 0 Å². The minimum absolute atomic E-state index is 0.383. The Kier molecular flexibility index (Phi) is 6.15. The lowest BCUT2D eigenvalue weighted by molar-refractivity contribution is 0.0986. The zero-order valence-corrected chi connectivity index (χ0v) is 17.1. The van der Waals surface area contributed by atoms with E-state index >= 15 is 0 Å². The van der Waals surface area contributed by atoms with Gasteiger partial charge in [-0.15, -0.1) is 0 Å². The highest BCUT2D eigenvalue weighted by Gasteiger charge is 2.25. The van der Waals surface area contributed by atoms with Gasteiger partial charge in [-0.05, 0) is 45.0 Å². The number of hydrogen-bond donors (Lipinski definition) is 1. The van der Waals surface area contributed by atoms with E-state index in [1.54, 1.807) is 22.9 Å². The Morgan fingerprint density at radius 1 is 1.15 bits per heavy atom. The number of rotatable bonds is 7. The SMILES string of the molecule is CCOn1c(C(O)c2ccc(Cl)cc2Cl)nc2cccc(N(CC)CC)c21. The number of aliphatic hydroxyl groups is 1. The molecule has 3 aromatic rings. The van der Waals surface area contributed by atoms with Crippen LogP contribution in [0.2, 0.25) is 10.0 Å². The van der Waals surface area contributed by atoms with Crippen LogP contribution in [0.15, 0.2) is 36.4 Å². The molecule has 144 valence electrons. The average molecular weight is 408 g/mol. The number of aromatic nitrogens is 2. The highest BCUT2D eigenvalue weighted by molar-refractivity contribution is 6.35. The Labute approximate surface area is 169 Å². The molecular weight excluding hydrogens is 385 g/mol. The Balaban J connectivity index is 2.21. The molecule has 0 aliphatic rings. The van der Waals surface area contributed by atoms with Crippen molar-refractivity contribution in [2.45, 2.75) is 26.9 Å². The maximum atomic E-state index is 11.0. The summed E-state index contributed by atoms with van der Waals surface area (Å²) in [7, 11) is 0. The monoisotopic (exact) mass is 407 g/mol. The molecule has 0 radical (unpaired) electrons. The number of anilines is 1. The van der Waals surface area contributed by atoms with Crippen molar-refractivity contribution in [3.05, 3.63) is 57.8 Å². The molecule has 1 heterocycles. The first-order valence-electron chi connectivity index (χ1n) is 9.04. The predicted octanol–water partition coefficient (Wildman–Crippen LogP) is 4.72. The molecule has 27 heavy (non-hydrogen) atoms. The van der Waals surface area contributed by atoms with Crippen molar-refractivity contribution in [1.29, 1.82) is 0 Å². The summed E-state index contributed by atoms with van der Waals surface area (Å²) >= 11 is 12.3. The Bertz CT molecular complexity index is 938. The lowest BCUT2D eigenvalue weighted by Gasteiger charge is -2.23. The third-order valence-electron chi connectivity index (χ3n) is 4.50. The molecule has 0 fully saturated rings. The van der Waals surface area contributed by atoms with E-state index in [0.29, 0.717) is 28.0 Å². The average Bonchev–Trinajstić information content (AvgIpc) is 3.02. The van der Waals surface area contributed by atoms with Crippen molar-refractivity contribution in [1.82, 2.24) is 9.71 Å². The van der Waals surface area contributed by atoms with Crippen LogP contribution < -0.4 is 9.74 Å². The Morgan fingerprint density at radius 2 is 1.89 bits per heavy atom. The van der Waals surface area contributed by atoms with Gasteiger partial charge < -0.3 is 14.8 Å². The molecule has 0 aliphatic carbocycles. The van der Waals surface area contributed by atoms with Gasteiger partial charge in [0.2, 0.25) is 0 Å². The third-order valence-corrected chi connectivity index (χ3v) is 5.07. The summed E-state index contributed by atoms with van der Waals surface area (Å²) in [6.45, 7) is 8.25. The Morgan fingerprint density at radius 3 is 2.52 bits per heavy atom. The van der Waals surface area contributed by atoms with Crippen LogP contribution in [0.25, 0.3) is 11.0 Å². The molecule has 1 unspecified atom stereocenters. The first-order valence-corrected chi connectivity index (χ1v) is 9.79. The summed E-state index contributed by atoms with van der Waals surface area (Å²) in [5, 5.41) is 11.9. The molecule has 5 nitrogen and oxygen atoms in total. The number of para-hydroxylation sites is 1. The largest absolute Gasteiger partial charge is 0.412 e. The van der Waals surface area contributed by atoms with Gasteiger partial charge in [0.25, 0.3) is 0 Å². The van der Waals surface area contributed by atoms with E-state index in [1.807, 2.05) is 25.1 Å². The topological polar surface area (TPSA) is 50.5 Å². The van der Waals surface area contributed by atoms with E-state index in [0.717, 1.165) is 29.8 Å². The van der Waals surface area contributed by atoms with E-state index in [-0.39, 0.29) is 0 Å². The molecule has 1 N–H and O–H groups in total. The second-order valence-electron chi connectivity index (χ2n) is 6.07. The van der Waals surface area contributed by atoms with Gasteiger partial charge in [-0.2, -0.15) is 4.73 Å². The summed E-state index contributed by atoms with van der Waals surface area (Å²) in [5.41, 5.74) is 3.13. The molecular formula is C20H23Cl2N3O2. The fourth-order valence-electron chi connectivity index (χ4n) is 3.21. The number of hydrogen-bond acceptors (Lipinski definition) is 4. The molecule has 2 aromatic carbocycles. The summed E-state index contributed by atoms with van der Waals surface area (Å²) in [6.07, 6.45) is -1.04. The fourth-order valence-corrected chi connectivity index (χ4v) is 3.73. The van der Waals surface area contributed by atoms with Crippen LogP contribution in [0.3, 0.4) is 0 Å². The van der Waals surface area contributed by atoms with Crippen LogP contribution in [0.4, 0.5) is 5.69 Å². The van der Waals surface area contributed by atoms with Gasteiger partial charge in [0, 0.05) is 28.7 Å². The van der Waals surface area contributed by atoms with E-state index in [4.69, 9.17) is 28.0 Å². The highest BCUT2D eigenvalue weighted by atomic mass is 35.5. The van der Waals surface area contributed by atoms with Gasteiger partial charge in [0.15, 0.2) is 5.82 Å². The predicted molar refractivity (Wildman–Crippen MR) is 111 cm³/mol. The Hall–Kier alpha value is -1.95. The van der Waals surface area contributed by atoms with Crippen molar-refractivity contribution in [2.75, 3.05) is 24.6 Å². The number of nitrogens with zero attached hydrogens (tertiary/aromatic N) is 3. The summed E-state index contributed by atoms with van der Waals surface area (Å²) in [4.78, 5) is 12.8. The van der Waals surface area contributed by atoms with Crippen LogP contribution in [0, 0.1) is 0 Å². The third kappa shape index (κ3) is 3.72. The second kappa shape index (κ2) is 8.38. The van der Waals surface area contributed by atoms with Gasteiger partial charge >= 0.3 is 0 Å². The van der Waals surface area contributed by atoms with Crippen molar-refractivity contribution in [2.24, 2.45) is 0 Å². The molecule has 1 atom stereocenters. The number of fused-ring (bicyclic) bond motifs is 1. The number of benzene rings is 2. The van der Waals surface area contributed by atoms with E-state index in [9.17, 15) is 5.11 Å². The van der Waals surface area contributed by atoms with E-state index < -0.39 is 6.10 Å². The maximum Gasteiger partial charge on any atom is 0.179 e. The zero-order valence-electron chi connectivity index (χ0n) is 15.6. The first-order chi connectivity index (χ1) is 13.0. The van der Waals surface area contributed by atoms with Gasteiger partial charge in [-0.3, -0.25) is 0 Å². The number of imidazole rings is 1. The number of aliphatic hydroxyl groups excluding tert-OH is 1. The summed E-state index contributed by atoms with van der Waals surface area (Å²) in [5.74, 6) is 0.385. The quantitative estimate of drug-likeness (QED) is 0.615. The van der Waals surface area contributed by atoms with Crippen LogP contribution in [-0.2, 0) is 0 Å². The standard InChI is InChI=1S/C20H23Cl2N3O2/c1-4-24(5-2)17-9-7-8-16-18(17)25(27-6-3)20(23-16)19(26)14-11-10-13(21)12-15(14)22/h7-12,19,26H,4-6H2,1-3H3. The minimum Gasteiger partial charge on any atom is -0.412 e. The molecule has 0 amide bonds. The zero-order chi connectivity index (χ0) is 19.6. The lowest BCUT2D eigenvalue weighted by Crippen LogP contribution is -2.24. The maximum absolute atomic E-state index is 11.0. The van der Waals surface area contributed by atoms with Crippen LogP contribution in [-0.4, -0.2) is 34.5 Å². The first kappa shape index (κ1) is 19.8.